The van der Waals surface area contributed by atoms with Crippen LogP contribution in [0.5, 0.6) is 0 Å². The minimum atomic E-state index is -4.95. The summed E-state index contributed by atoms with van der Waals surface area (Å²) < 4.78 is 16.9. The largest absolute Gasteiger partial charge is 0.479 e. The molecule has 11 heteroatoms. The monoisotopic (exact) mass is 306 g/mol. The van der Waals surface area contributed by atoms with Crippen LogP contribution in [0.2, 0.25) is 0 Å². The SMILES string of the molecule is O=C(O)C(OC1CC1n1ccc(=O)[nH]c1=O)P(=O)(O)O. The molecule has 1 aliphatic rings. The number of nitrogens with zero attached hydrogens (tertiary/aromatic N) is 1. The molecular weight excluding hydrogens is 295 g/mol. The maximum atomic E-state index is 11.5. The van der Waals surface area contributed by atoms with Gasteiger partial charge in [0.1, 0.15) is 0 Å². The second kappa shape index (κ2) is 4.98. The third-order valence-corrected chi connectivity index (χ3v) is 3.68. The van der Waals surface area contributed by atoms with Gasteiger partial charge in [0.25, 0.3) is 11.4 Å². The molecule has 20 heavy (non-hydrogen) atoms. The molecule has 0 aromatic carbocycles. The van der Waals surface area contributed by atoms with Gasteiger partial charge >= 0.3 is 19.3 Å². The zero-order valence-electron chi connectivity index (χ0n) is 9.87. The van der Waals surface area contributed by atoms with E-state index < -0.39 is 42.8 Å². The molecule has 0 saturated heterocycles. The van der Waals surface area contributed by atoms with Gasteiger partial charge in [0.15, 0.2) is 0 Å². The molecule has 3 unspecified atom stereocenters. The summed E-state index contributed by atoms with van der Waals surface area (Å²) in [6.07, 6.45) is 0.616. The minimum Gasteiger partial charge on any atom is -0.479 e. The lowest BCUT2D eigenvalue weighted by Crippen LogP contribution is -2.30. The third-order valence-electron chi connectivity index (χ3n) is 2.73. The maximum absolute atomic E-state index is 11.5. The van der Waals surface area contributed by atoms with Crippen LogP contribution in [0.1, 0.15) is 12.5 Å². The Balaban J connectivity index is 2.12. The molecular formula is C9H11N2O8P. The van der Waals surface area contributed by atoms with Crippen molar-refractivity contribution in [3.05, 3.63) is 33.1 Å². The Kier molecular flexibility index (Phi) is 3.65. The second-order valence-corrected chi connectivity index (χ2v) is 5.92. The van der Waals surface area contributed by atoms with E-state index in [1.807, 2.05) is 4.98 Å². The predicted molar refractivity (Wildman–Crippen MR) is 63.3 cm³/mol. The van der Waals surface area contributed by atoms with Crippen LogP contribution in [0.3, 0.4) is 0 Å². The van der Waals surface area contributed by atoms with E-state index in [4.69, 9.17) is 19.6 Å². The lowest BCUT2D eigenvalue weighted by atomic mass is 10.5. The van der Waals surface area contributed by atoms with Gasteiger partial charge in [0.2, 0.25) is 0 Å². The van der Waals surface area contributed by atoms with Gasteiger partial charge in [-0.25, -0.2) is 9.59 Å². The molecule has 1 aromatic heterocycles. The molecule has 0 radical (unpaired) electrons. The summed E-state index contributed by atoms with van der Waals surface area (Å²) in [7, 11) is -4.95. The molecule has 1 aromatic rings. The molecule has 10 nitrogen and oxygen atoms in total. The van der Waals surface area contributed by atoms with E-state index in [2.05, 4.69) is 0 Å². The lowest BCUT2D eigenvalue weighted by Gasteiger charge is -2.14. The first kappa shape index (κ1) is 14.7. The Morgan fingerprint density at radius 2 is 2.15 bits per heavy atom. The quantitative estimate of drug-likeness (QED) is 0.476. The topological polar surface area (TPSA) is 159 Å². The number of carboxylic acid groups (broad SMARTS) is 1. The summed E-state index contributed by atoms with van der Waals surface area (Å²) >= 11 is 0. The Morgan fingerprint density at radius 3 is 2.65 bits per heavy atom. The fourth-order valence-corrected chi connectivity index (χ4v) is 2.34. The molecule has 3 atom stereocenters. The lowest BCUT2D eigenvalue weighted by molar-refractivity contribution is -0.146. The van der Waals surface area contributed by atoms with E-state index in [-0.39, 0.29) is 6.42 Å². The summed E-state index contributed by atoms with van der Waals surface area (Å²) in [6.45, 7) is 0. The van der Waals surface area contributed by atoms with Crippen LogP contribution in [0.25, 0.3) is 0 Å². The number of H-pyrrole nitrogens is 1. The normalized spacial score (nSPS) is 23.3. The first-order valence-corrected chi connectivity index (χ1v) is 7.13. The predicted octanol–water partition coefficient (Wildman–Crippen LogP) is -1.55. The number of aromatic amines is 1. The van der Waals surface area contributed by atoms with E-state index in [0.29, 0.717) is 0 Å². The number of hydrogen-bond donors (Lipinski definition) is 4. The molecule has 1 saturated carbocycles. The van der Waals surface area contributed by atoms with Crippen molar-refractivity contribution in [2.45, 2.75) is 24.4 Å². The Hall–Kier alpha value is -1.74. The van der Waals surface area contributed by atoms with Crippen LogP contribution in [0.15, 0.2) is 21.9 Å². The van der Waals surface area contributed by atoms with Gasteiger partial charge < -0.3 is 19.6 Å². The van der Waals surface area contributed by atoms with Gasteiger partial charge in [-0.15, -0.1) is 0 Å². The Bertz CT molecular complexity index is 688. The van der Waals surface area contributed by atoms with Gasteiger partial charge in [-0.3, -0.25) is 18.9 Å². The number of hydrogen-bond acceptors (Lipinski definition) is 5. The number of carboxylic acids is 1. The molecule has 110 valence electrons. The molecule has 1 aliphatic carbocycles. The molecule has 0 spiro atoms. The van der Waals surface area contributed by atoms with Gasteiger partial charge in [-0.05, 0) is 6.42 Å². The Labute approximate surface area is 110 Å². The number of carbonyl (C=O) groups is 1. The third kappa shape index (κ3) is 3.05. The van der Waals surface area contributed by atoms with Crippen LogP contribution < -0.4 is 11.2 Å². The van der Waals surface area contributed by atoms with Gasteiger partial charge in [-0.2, -0.15) is 0 Å². The highest BCUT2D eigenvalue weighted by molar-refractivity contribution is 7.53. The van der Waals surface area contributed by atoms with Gasteiger partial charge in [-0.1, -0.05) is 0 Å². The second-order valence-electron chi connectivity index (χ2n) is 4.27. The van der Waals surface area contributed by atoms with E-state index in [1.54, 1.807) is 0 Å². The zero-order valence-corrected chi connectivity index (χ0v) is 10.8. The van der Waals surface area contributed by atoms with E-state index in [0.717, 1.165) is 10.6 Å². The van der Waals surface area contributed by atoms with Crippen LogP contribution >= 0.6 is 7.60 Å². The van der Waals surface area contributed by atoms with Crippen LogP contribution in [0.4, 0.5) is 0 Å². The molecule has 1 fully saturated rings. The van der Waals surface area contributed by atoms with Crippen molar-refractivity contribution in [2.75, 3.05) is 0 Å². The van der Waals surface area contributed by atoms with Crippen molar-refractivity contribution in [3.8, 4) is 0 Å². The van der Waals surface area contributed by atoms with Gasteiger partial charge in [0, 0.05) is 12.3 Å². The highest BCUT2D eigenvalue weighted by atomic mass is 31.2. The summed E-state index contributed by atoms with van der Waals surface area (Å²) in [4.78, 5) is 52.8. The fraction of sp³-hybridized carbons (Fsp3) is 0.444. The van der Waals surface area contributed by atoms with E-state index in [1.165, 1.54) is 6.20 Å². The number of ether oxygens (including phenoxy) is 1. The van der Waals surface area contributed by atoms with Crippen molar-refractivity contribution in [2.24, 2.45) is 0 Å². The highest BCUT2D eigenvalue weighted by Gasteiger charge is 2.48. The van der Waals surface area contributed by atoms with E-state index >= 15 is 0 Å². The van der Waals surface area contributed by atoms with Crippen molar-refractivity contribution in [3.63, 3.8) is 0 Å². The molecule has 2 rings (SSSR count). The van der Waals surface area contributed by atoms with Crippen molar-refractivity contribution >= 4 is 13.6 Å². The maximum Gasteiger partial charge on any atom is 0.365 e. The fourth-order valence-electron chi connectivity index (χ4n) is 1.73. The minimum absolute atomic E-state index is 0.218. The molecule has 0 aliphatic heterocycles. The summed E-state index contributed by atoms with van der Waals surface area (Å²) in [5.41, 5.74) is -1.28. The van der Waals surface area contributed by atoms with Crippen molar-refractivity contribution < 1.29 is 29.0 Å². The van der Waals surface area contributed by atoms with Crippen LogP contribution in [-0.2, 0) is 14.1 Å². The number of aromatic nitrogens is 2. The average Bonchev–Trinajstić information content (AvgIpc) is 3.03. The number of aliphatic carboxylic acids is 1. The number of rotatable bonds is 5. The zero-order chi connectivity index (χ0) is 15.1. The molecule has 4 N–H and O–H groups in total. The summed E-state index contributed by atoms with van der Waals surface area (Å²) in [5.74, 6) is -4.05. The van der Waals surface area contributed by atoms with Crippen molar-refractivity contribution in [1.82, 2.24) is 9.55 Å². The highest BCUT2D eigenvalue weighted by Crippen LogP contribution is 2.47. The standard InChI is InChI=1S/C9H11N2O8P/c12-6-1-2-11(9(15)10-6)4-3-5(4)19-8(7(13)14)20(16,17)18/h1-2,4-5,8H,3H2,(H,13,14)(H,10,12,15)(H2,16,17,18). The number of nitrogens with one attached hydrogen (secondary N) is 1. The van der Waals surface area contributed by atoms with Crippen molar-refractivity contribution in [1.29, 1.82) is 0 Å². The van der Waals surface area contributed by atoms with Gasteiger partial charge in [0.05, 0.1) is 12.1 Å². The summed E-state index contributed by atoms with van der Waals surface area (Å²) in [6, 6.07) is 0.543. The first-order chi connectivity index (χ1) is 9.20. The molecule has 0 bridgehead atoms. The molecule has 0 amide bonds. The molecule has 1 heterocycles. The first-order valence-electron chi connectivity index (χ1n) is 5.45. The van der Waals surface area contributed by atoms with Crippen LogP contribution in [-0.4, -0.2) is 42.4 Å². The Morgan fingerprint density at radius 1 is 1.50 bits per heavy atom. The van der Waals surface area contributed by atoms with Crippen LogP contribution in [0, 0.1) is 0 Å². The summed E-state index contributed by atoms with van der Waals surface area (Å²) in [5, 5.41) is 8.70. The smallest absolute Gasteiger partial charge is 0.365 e. The average molecular weight is 306 g/mol. The van der Waals surface area contributed by atoms with E-state index in [9.17, 15) is 18.9 Å².